The highest BCUT2D eigenvalue weighted by molar-refractivity contribution is 5.87. The average molecular weight is 203 g/mol. The molecule has 0 saturated heterocycles. The number of anilines is 2. The van der Waals surface area contributed by atoms with Crippen LogP contribution < -0.4 is 11.5 Å². The fourth-order valence-corrected chi connectivity index (χ4v) is 0.943. The highest BCUT2D eigenvalue weighted by Crippen LogP contribution is 2.29. The molecule has 1 aromatic rings. The van der Waals surface area contributed by atoms with Crippen LogP contribution in [0.5, 0.6) is 0 Å². The Morgan fingerprint density at radius 1 is 1.50 bits per heavy atom. The van der Waals surface area contributed by atoms with E-state index in [1.165, 1.54) is 0 Å². The second-order valence-corrected chi connectivity index (χ2v) is 2.50. The standard InChI is InChI=1S/C7H7F2N3O2/c8-5(9)4-2(10)1-3(7(13)14)12-6(4)11/h1,5H,(H,13,14)(H4,10,11,12). The number of pyridine rings is 1. The maximum Gasteiger partial charge on any atom is 0.354 e. The van der Waals surface area contributed by atoms with E-state index in [2.05, 4.69) is 4.98 Å². The summed E-state index contributed by atoms with van der Waals surface area (Å²) in [5, 5.41) is 8.50. The minimum absolute atomic E-state index is 0.370. The van der Waals surface area contributed by atoms with Gasteiger partial charge in [0.05, 0.1) is 5.56 Å². The Morgan fingerprint density at radius 2 is 2.07 bits per heavy atom. The number of carbonyl (C=O) groups is 1. The van der Waals surface area contributed by atoms with Crippen LogP contribution in [0.3, 0.4) is 0 Å². The molecule has 0 aromatic carbocycles. The van der Waals surface area contributed by atoms with Gasteiger partial charge in [-0.1, -0.05) is 0 Å². The fraction of sp³-hybridized carbons (Fsp3) is 0.143. The summed E-state index contributed by atoms with van der Waals surface area (Å²) >= 11 is 0. The van der Waals surface area contributed by atoms with Crippen molar-refractivity contribution in [1.29, 1.82) is 0 Å². The first-order chi connectivity index (χ1) is 6.43. The minimum Gasteiger partial charge on any atom is -0.477 e. The molecule has 0 saturated carbocycles. The number of carboxylic acid groups (broad SMARTS) is 1. The average Bonchev–Trinajstić information content (AvgIpc) is 2.01. The molecule has 5 nitrogen and oxygen atoms in total. The van der Waals surface area contributed by atoms with Crippen LogP contribution in [0.15, 0.2) is 6.07 Å². The molecule has 0 atom stereocenters. The predicted octanol–water partition coefficient (Wildman–Crippen LogP) is 0.882. The topological polar surface area (TPSA) is 102 Å². The van der Waals surface area contributed by atoms with E-state index < -0.39 is 29.5 Å². The zero-order valence-electron chi connectivity index (χ0n) is 6.87. The summed E-state index contributed by atoms with van der Waals surface area (Å²) in [4.78, 5) is 13.7. The van der Waals surface area contributed by atoms with Gasteiger partial charge in [-0.15, -0.1) is 0 Å². The number of nitrogens with two attached hydrogens (primary N) is 2. The molecule has 1 heterocycles. The minimum atomic E-state index is -2.87. The van der Waals surface area contributed by atoms with Crippen LogP contribution in [-0.4, -0.2) is 16.1 Å². The summed E-state index contributed by atoms with van der Waals surface area (Å²) in [7, 11) is 0. The smallest absolute Gasteiger partial charge is 0.354 e. The van der Waals surface area contributed by atoms with Crippen LogP contribution in [0.1, 0.15) is 22.5 Å². The molecule has 5 N–H and O–H groups in total. The van der Waals surface area contributed by atoms with Crippen LogP contribution in [0.25, 0.3) is 0 Å². The number of carboxylic acids is 1. The molecular formula is C7H7F2N3O2. The van der Waals surface area contributed by atoms with Gasteiger partial charge in [0.25, 0.3) is 6.43 Å². The third kappa shape index (κ3) is 1.70. The number of alkyl halides is 2. The van der Waals surface area contributed by atoms with Gasteiger partial charge in [0, 0.05) is 5.69 Å². The number of rotatable bonds is 2. The van der Waals surface area contributed by atoms with Gasteiger partial charge >= 0.3 is 5.97 Å². The van der Waals surface area contributed by atoms with E-state index in [1.807, 2.05) is 0 Å². The van der Waals surface area contributed by atoms with E-state index in [9.17, 15) is 13.6 Å². The van der Waals surface area contributed by atoms with E-state index in [0.717, 1.165) is 6.07 Å². The van der Waals surface area contributed by atoms with Crippen LogP contribution in [0.4, 0.5) is 20.3 Å². The number of hydrogen-bond acceptors (Lipinski definition) is 4. The first-order valence-electron chi connectivity index (χ1n) is 3.50. The third-order valence-corrected chi connectivity index (χ3v) is 1.56. The van der Waals surface area contributed by atoms with E-state index in [-0.39, 0.29) is 5.69 Å². The number of nitrogens with zero attached hydrogens (tertiary/aromatic N) is 1. The van der Waals surface area contributed by atoms with Crippen molar-refractivity contribution in [1.82, 2.24) is 4.98 Å². The molecule has 1 rings (SSSR count). The lowest BCUT2D eigenvalue weighted by molar-refractivity contribution is 0.0690. The Bertz CT molecular complexity index is 358. The van der Waals surface area contributed by atoms with Gasteiger partial charge in [0.1, 0.15) is 5.82 Å². The van der Waals surface area contributed by atoms with Gasteiger partial charge in [-0.3, -0.25) is 0 Å². The van der Waals surface area contributed by atoms with Crippen LogP contribution >= 0.6 is 0 Å². The molecule has 0 radical (unpaired) electrons. The number of aromatic carboxylic acids is 1. The Kier molecular flexibility index (Phi) is 2.50. The van der Waals surface area contributed by atoms with E-state index in [1.54, 1.807) is 0 Å². The molecule has 0 amide bonds. The summed E-state index contributed by atoms with van der Waals surface area (Å²) < 4.78 is 24.5. The van der Waals surface area contributed by atoms with Crippen molar-refractivity contribution in [3.05, 3.63) is 17.3 Å². The van der Waals surface area contributed by atoms with Crippen LogP contribution in [-0.2, 0) is 0 Å². The van der Waals surface area contributed by atoms with Crippen molar-refractivity contribution < 1.29 is 18.7 Å². The third-order valence-electron chi connectivity index (χ3n) is 1.56. The second-order valence-electron chi connectivity index (χ2n) is 2.50. The summed E-state index contributed by atoms with van der Waals surface area (Å²) in [5.41, 5.74) is 8.87. The zero-order chi connectivity index (χ0) is 10.9. The first kappa shape index (κ1) is 10.2. The zero-order valence-corrected chi connectivity index (χ0v) is 6.87. The number of halogens is 2. The molecule has 0 bridgehead atoms. The Labute approximate surface area is 77.3 Å². The van der Waals surface area contributed by atoms with Crippen molar-refractivity contribution in [2.45, 2.75) is 6.43 Å². The van der Waals surface area contributed by atoms with E-state index in [0.29, 0.717) is 0 Å². The normalized spacial score (nSPS) is 10.5. The molecule has 7 heteroatoms. The summed E-state index contributed by atoms with van der Waals surface area (Å²) in [6.45, 7) is 0. The Morgan fingerprint density at radius 3 is 2.43 bits per heavy atom. The Balaban J connectivity index is 3.32. The van der Waals surface area contributed by atoms with Gasteiger partial charge < -0.3 is 16.6 Å². The fourth-order valence-electron chi connectivity index (χ4n) is 0.943. The Hall–Kier alpha value is -1.92. The maximum absolute atomic E-state index is 12.3. The van der Waals surface area contributed by atoms with Gasteiger partial charge in [0.15, 0.2) is 5.69 Å². The molecule has 0 fully saturated rings. The number of hydrogen-bond donors (Lipinski definition) is 3. The summed E-state index contributed by atoms with van der Waals surface area (Å²) in [5.74, 6) is -1.93. The van der Waals surface area contributed by atoms with Gasteiger partial charge in [-0.25, -0.2) is 18.6 Å². The molecule has 0 aliphatic rings. The van der Waals surface area contributed by atoms with Crippen LogP contribution in [0, 0.1) is 0 Å². The molecule has 1 aromatic heterocycles. The van der Waals surface area contributed by atoms with Crippen molar-refractivity contribution in [2.24, 2.45) is 0 Å². The highest BCUT2D eigenvalue weighted by Gasteiger charge is 2.19. The van der Waals surface area contributed by atoms with E-state index in [4.69, 9.17) is 16.6 Å². The van der Waals surface area contributed by atoms with Crippen LogP contribution in [0.2, 0.25) is 0 Å². The molecule has 0 aliphatic carbocycles. The monoisotopic (exact) mass is 203 g/mol. The number of aromatic nitrogens is 1. The SMILES string of the molecule is Nc1cc(C(=O)O)nc(N)c1C(F)F. The number of nitrogen functional groups attached to an aromatic ring is 2. The highest BCUT2D eigenvalue weighted by atomic mass is 19.3. The maximum atomic E-state index is 12.3. The lowest BCUT2D eigenvalue weighted by Gasteiger charge is -2.07. The quantitative estimate of drug-likeness (QED) is 0.662. The van der Waals surface area contributed by atoms with Crippen molar-refractivity contribution in [3.8, 4) is 0 Å². The van der Waals surface area contributed by atoms with Gasteiger partial charge in [0.2, 0.25) is 0 Å². The lowest BCUT2D eigenvalue weighted by Crippen LogP contribution is -2.09. The van der Waals surface area contributed by atoms with E-state index >= 15 is 0 Å². The molecule has 0 spiro atoms. The summed E-state index contributed by atoms with van der Waals surface area (Å²) in [6, 6.07) is 0.847. The largest absolute Gasteiger partial charge is 0.477 e. The molecule has 0 unspecified atom stereocenters. The lowest BCUT2D eigenvalue weighted by atomic mass is 10.2. The van der Waals surface area contributed by atoms with Gasteiger partial charge in [-0.05, 0) is 6.07 Å². The predicted molar refractivity (Wildman–Crippen MR) is 45.0 cm³/mol. The molecular weight excluding hydrogens is 196 g/mol. The molecule has 14 heavy (non-hydrogen) atoms. The van der Waals surface area contributed by atoms with Crippen molar-refractivity contribution >= 4 is 17.5 Å². The van der Waals surface area contributed by atoms with Crippen molar-refractivity contribution in [2.75, 3.05) is 11.5 Å². The first-order valence-corrected chi connectivity index (χ1v) is 3.50. The molecule has 76 valence electrons. The summed E-state index contributed by atoms with van der Waals surface area (Å²) in [6.07, 6.45) is -2.87. The molecule has 0 aliphatic heterocycles. The van der Waals surface area contributed by atoms with Gasteiger partial charge in [-0.2, -0.15) is 0 Å². The second kappa shape index (κ2) is 3.44. The van der Waals surface area contributed by atoms with Crippen molar-refractivity contribution in [3.63, 3.8) is 0 Å².